The van der Waals surface area contributed by atoms with Crippen LogP contribution in [-0.2, 0) is 0 Å². The van der Waals surface area contributed by atoms with E-state index in [-0.39, 0.29) is 0 Å². The summed E-state index contributed by atoms with van der Waals surface area (Å²) < 4.78 is 1.93. The first kappa shape index (κ1) is 16.1. The molecule has 25 heavy (non-hydrogen) atoms. The molecule has 3 nitrogen and oxygen atoms in total. The Hall–Kier alpha value is -2.43. The van der Waals surface area contributed by atoms with Crippen molar-refractivity contribution in [3.05, 3.63) is 69.7 Å². The summed E-state index contributed by atoms with van der Waals surface area (Å²) in [6, 6.07) is 13.8. The van der Waals surface area contributed by atoms with Crippen LogP contribution in [0.3, 0.4) is 0 Å². The van der Waals surface area contributed by atoms with Gasteiger partial charge in [-0.05, 0) is 37.1 Å². The predicted molar refractivity (Wildman–Crippen MR) is 104 cm³/mol. The van der Waals surface area contributed by atoms with E-state index in [1.165, 1.54) is 16.9 Å². The molecule has 2 aromatic carbocycles. The minimum Gasteiger partial charge on any atom is -0.296 e. The second-order valence-electron chi connectivity index (χ2n) is 6.03. The number of hydrogen-bond acceptors (Lipinski definition) is 3. The summed E-state index contributed by atoms with van der Waals surface area (Å²) in [4.78, 5) is 17.5. The zero-order valence-electron chi connectivity index (χ0n) is 13.8. The molecule has 0 aliphatic rings. The standard InChI is InChI=1S/C20H15ClN2OS/c1-12-3-8-16(13(2)9-12)19-17(10-24)23-18(11-25-20(23)22-19)14-4-6-15(21)7-5-14/h3-11H,1-2H3. The highest BCUT2D eigenvalue weighted by atomic mass is 35.5. The highest BCUT2D eigenvalue weighted by molar-refractivity contribution is 7.15. The molecule has 0 spiro atoms. The van der Waals surface area contributed by atoms with Gasteiger partial charge in [0.2, 0.25) is 0 Å². The second kappa shape index (κ2) is 6.14. The van der Waals surface area contributed by atoms with E-state index in [0.717, 1.165) is 39.3 Å². The number of imidazole rings is 1. The summed E-state index contributed by atoms with van der Waals surface area (Å²) >= 11 is 7.52. The molecule has 0 aliphatic heterocycles. The topological polar surface area (TPSA) is 34.4 Å². The van der Waals surface area contributed by atoms with E-state index in [1.54, 1.807) is 0 Å². The zero-order chi connectivity index (χ0) is 17.6. The zero-order valence-corrected chi connectivity index (χ0v) is 15.4. The van der Waals surface area contributed by atoms with Crippen LogP contribution >= 0.6 is 22.9 Å². The smallest absolute Gasteiger partial charge is 0.195 e. The van der Waals surface area contributed by atoms with Gasteiger partial charge in [-0.2, -0.15) is 0 Å². The van der Waals surface area contributed by atoms with Crippen molar-refractivity contribution in [1.82, 2.24) is 9.38 Å². The summed E-state index contributed by atoms with van der Waals surface area (Å²) in [5.74, 6) is 0. The van der Waals surface area contributed by atoms with Crippen LogP contribution in [0, 0.1) is 13.8 Å². The fourth-order valence-corrected chi connectivity index (χ4v) is 4.12. The van der Waals surface area contributed by atoms with Crippen LogP contribution in [0.1, 0.15) is 21.6 Å². The lowest BCUT2D eigenvalue weighted by Crippen LogP contribution is -1.95. The van der Waals surface area contributed by atoms with Crippen LogP contribution in [0.4, 0.5) is 0 Å². The van der Waals surface area contributed by atoms with E-state index in [9.17, 15) is 4.79 Å². The Morgan fingerprint density at radius 1 is 1.12 bits per heavy atom. The third-order valence-electron chi connectivity index (χ3n) is 4.29. The number of carbonyl (C=O) groups is 1. The van der Waals surface area contributed by atoms with E-state index in [1.807, 2.05) is 53.1 Å². The monoisotopic (exact) mass is 366 g/mol. The maximum Gasteiger partial charge on any atom is 0.195 e. The summed E-state index contributed by atoms with van der Waals surface area (Å²) in [7, 11) is 0. The Morgan fingerprint density at radius 2 is 1.88 bits per heavy atom. The number of thiazole rings is 1. The van der Waals surface area contributed by atoms with Crippen LogP contribution in [-0.4, -0.2) is 15.7 Å². The first-order chi connectivity index (χ1) is 12.1. The van der Waals surface area contributed by atoms with Gasteiger partial charge >= 0.3 is 0 Å². The third-order valence-corrected chi connectivity index (χ3v) is 5.37. The van der Waals surface area contributed by atoms with E-state index >= 15 is 0 Å². The molecule has 124 valence electrons. The van der Waals surface area contributed by atoms with Crippen LogP contribution in [0.25, 0.3) is 27.5 Å². The molecule has 5 heteroatoms. The molecule has 0 atom stereocenters. The van der Waals surface area contributed by atoms with Crippen molar-refractivity contribution in [3.63, 3.8) is 0 Å². The largest absolute Gasteiger partial charge is 0.296 e. The van der Waals surface area contributed by atoms with Crippen LogP contribution in [0.15, 0.2) is 47.8 Å². The van der Waals surface area contributed by atoms with E-state index in [0.29, 0.717) is 10.7 Å². The normalized spacial score (nSPS) is 11.2. The molecule has 0 N–H and O–H groups in total. The Morgan fingerprint density at radius 3 is 2.56 bits per heavy atom. The average molecular weight is 367 g/mol. The fourth-order valence-electron chi connectivity index (χ4n) is 3.09. The van der Waals surface area contributed by atoms with Crippen molar-refractivity contribution in [2.75, 3.05) is 0 Å². The molecule has 0 amide bonds. The van der Waals surface area contributed by atoms with Crippen molar-refractivity contribution in [3.8, 4) is 22.5 Å². The van der Waals surface area contributed by atoms with Crippen molar-refractivity contribution < 1.29 is 4.79 Å². The Bertz CT molecular complexity index is 1090. The van der Waals surface area contributed by atoms with Crippen molar-refractivity contribution in [2.45, 2.75) is 13.8 Å². The van der Waals surface area contributed by atoms with Crippen LogP contribution in [0.5, 0.6) is 0 Å². The Kier molecular flexibility index (Phi) is 3.94. The summed E-state index contributed by atoms with van der Waals surface area (Å²) in [6.45, 7) is 4.10. The number of aldehydes is 1. The number of aryl methyl sites for hydroxylation is 2. The third kappa shape index (κ3) is 2.68. The lowest BCUT2D eigenvalue weighted by atomic mass is 10.0. The van der Waals surface area contributed by atoms with Gasteiger partial charge < -0.3 is 0 Å². The van der Waals surface area contributed by atoms with E-state index < -0.39 is 0 Å². The number of rotatable bonds is 3. The van der Waals surface area contributed by atoms with Gasteiger partial charge in [0.25, 0.3) is 0 Å². The predicted octanol–water partition coefficient (Wildman–Crippen LogP) is 5.81. The molecule has 0 bridgehead atoms. The Balaban J connectivity index is 1.96. The van der Waals surface area contributed by atoms with Gasteiger partial charge in [0, 0.05) is 16.0 Å². The highest BCUT2D eigenvalue weighted by Crippen LogP contribution is 2.33. The van der Waals surface area contributed by atoms with Crippen LogP contribution in [0.2, 0.25) is 5.02 Å². The molecule has 0 aliphatic carbocycles. The minimum atomic E-state index is 0.577. The maximum atomic E-state index is 11.9. The lowest BCUT2D eigenvalue weighted by Gasteiger charge is -2.06. The minimum absolute atomic E-state index is 0.577. The molecular formula is C20H15ClN2OS. The van der Waals surface area contributed by atoms with Crippen molar-refractivity contribution in [1.29, 1.82) is 0 Å². The van der Waals surface area contributed by atoms with Gasteiger partial charge in [-0.15, -0.1) is 11.3 Å². The number of hydrogen-bond donors (Lipinski definition) is 0. The summed E-state index contributed by atoms with van der Waals surface area (Å²) in [5, 5.41) is 2.71. The van der Waals surface area contributed by atoms with Crippen LogP contribution < -0.4 is 0 Å². The SMILES string of the molecule is Cc1ccc(-c2nc3scc(-c4ccc(Cl)cc4)n3c2C=O)c(C)c1. The second-order valence-corrected chi connectivity index (χ2v) is 7.30. The Labute approximate surface area is 154 Å². The first-order valence-electron chi connectivity index (χ1n) is 7.87. The molecule has 0 unspecified atom stereocenters. The highest BCUT2D eigenvalue weighted by Gasteiger charge is 2.19. The number of halogens is 1. The number of aromatic nitrogens is 2. The molecule has 0 saturated heterocycles. The first-order valence-corrected chi connectivity index (χ1v) is 9.13. The lowest BCUT2D eigenvalue weighted by molar-refractivity contribution is 0.111. The quantitative estimate of drug-likeness (QED) is 0.428. The average Bonchev–Trinajstić information content (AvgIpc) is 3.14. The molecule has 0 fully saturated rings. The number of fused-ring (bicyclic) bond motifs is 1. The van der Waals surface area contributed by atoms with E-state index in [4.69, 9.17) is 16.6 Å². The molecule has 2 aromatic heterocycles. The molecule has 0 saturated carbocycles. The molecule has 2 heterocycles. The maximum absolute atomic E-state index is 11.9. The number of benzene rings is 2. The van der Waals surface area contributed by atoms with Crippen molar-refractivity contribution >= 4 is 34.2 Å². The summed E-state index contributed by atoms with van der Waals surface area (Å²) in [5.41, 5.74) is 6.55. The van der Waals surface area contributed by atoms with Gasteiger partial charge in [0.05, 0.1) is 5.69 Å². The molecule has 4 aromatic rings. The van der Waals surface area contributed by atoms with Gasteiger partial charge in [-0.1, -0.05) is 47.5 Å². The van der Waals surface area contributed by atoms with Gasteiger partial charge in [0.15, 0.2) is 11.2 Å². The van der Waals surface area contributed by atoms with Gasteiger partial charge in [-0.3, -0.25) is 9.20 Å². The summed E-state index contributed by atoms with van der Waals surface area (Å²) in [6.07, 6.45) is 0.890. The van der Waals surface area contributed by atoms with Crippen molar-refractivity contribution in [2.24, 2.45) is 0 Å². The number of carbonyl (C=O) groups excluding carboxylic acids is 1. The number of nitrogens with zero attached hydrogens (tertiary/aromatic N) is 2. The molecule has 0 radical (unpaired) electrons. The van der Waals surface area contributed by atoms with E-state index in [2.05, 4.69) is 13.0 Å². The van der Waals surface area contributed by atoms with Gasteiger partial charge in [0.1, 0.15) is 11.4 Å². The molecular weight excluding hydrogens is 352 g/mol. The fraction of sp³-hybridized carbons (Fsp3) is 0.100. The van der Waals surface area contributed by atoms with Gasteiger partial charge in [-0.25, -0.2) is 4.98 Å². The molecule has 4 rings (SSSR count).